The van der Waals surface area contributed by atoms with Crippen LogP contribution in [0.1, 0.15) is 35.7 Å². The molecule has 1 aliphatic rings. The second-order valence-corrected chi connectivity index (χ2v) is 5.79. The van der Waals surface area contributed by atoms with Crippen LogP contribution in [0.5, 0.6) is 0 Å². The van der Waals surface area contributed by atoms with Crippen molar-refractivity contribution < 1.29 is 4.79 Å². The lowest BCUT2D eigenvalue weighted by atomic mass is 9.95. The van der Waals surface area contributed by atoms with Gasteiger partial charge in [0.05, 0.1) is 6.42 Å². The normalized spacial score (nSPS) is 16.1. The number of likely N-dealkylation sites (tertiary alicyclic amines) is 1. The highest BCUT2D eigenvalue weighted by molar-refractivity contribution is 5.78. The average Bonchev–Trinajstić information content (AvgIpc) is 3.04. The third-order valence-corrected chi connectivity index (χ3v) is 4.23. The van der Waals surface area contributed by atoms with Crippen LogP contribution >= 0.6 is 0 Å². The van der Waals surface area contributed by atoms with Crippen molar-refractivity contribution in [3.63, 3.8) is 0 Å². The molecule has 1 aromatic carbocycles. The number of H-pyrrole nitrogens is 1. The molecular weight excluding hydrogens is 262 g/mol. The molecule has 2 heterocycles. The van der Waals surface area contributed by atoms with Crippen LogP contribution in [-0.4, -0.2) is 33.9 Å². The SMILES string of the molecule is Cc1ccc(CC(=O)N2CCC(c3ncc[nH]3)CC2)cc1. The summed E-state index contributed by atoms with van der Waals surface area (Å²) >= 11 is 0. The average molecular weight is 283 g/mol. The van der Waals surface area contributed by atoms with Crippen LogP contribution in [-0.2, 0) is 11.2 Å². The summed E-state index contributed by atoms with van der Waals surface area (Å²) in [6, 6.07) is 8.21. The van der Waals surface area contributed by atoms with Gasteiger partial charge in [-0.15, -0.1) is 0 Å². The van der Waals surface area contributed by atoms with Gasteiger partial charge in [-0.05, 0) is 25.3 Å². The first-order valence-corrected chi connectivity index (χ1v) is 7.55. The number of piperidine rings is 1. The zero-order valence-corrected chi connectivity index (χ0v) is 12.4. The molecule has 0 atom stereocenters. The molecule has 21 heavy (non-hydrogen) atoms. The van der Waals surface area contributed by atoms with Gasteiger partial charge in [-0.25, -0.2) is 4.98 Å². The van der Waals surface area contributed by atoms with E-state index in [0.29, 0.717) is 12.3 Å². The summed E-state index contributed by atoms with van der Waals surface area (Å²) in [5.74, 6) is 1.75. The molecule has 0 bridgehead atoms. The Kier molecular flexibility index (Phi) is 4.04. The van der Waals surface area contributed by atoms with E-state index in [0.717, 1.165) is 37.3 Å². The number of aromatic amines is 1. The summed E-state index contributed by atoms with van der Waals surface area (Å²) in [6.45, 7) is 3.72. The standard InChI is InChI=1S/C17H21N3O/c1-13-2-4-14(5-3-13)12-16(21)20-10-6-15(7-11-20)17-18-8-9-19-17/h2-5,8-9,15H,6-7,10-12H2,1H3,(H,18,19). The number of hydrogen-bond acceptors (Lipinski definition) is 2. The number of hydrogen-bond donors (Lipinski definition) is 1. The van der Waals surface area contributed by atoms with Crippen LogP contribution in [0.15, 0.2) is 36.7 Å². The highest BCUT2D eigenvalue weighted by Gasteiger charge is 2.24. The summed E-state index contributed by atoms with van der Waals surface area (Å²) in [5.41, 5.74) is 2.32. The number of rotatable bonds is 3. The van der Waals surface area contributed by atoms with Gasteiger partial charge in [0.2, 0.25) is 5.91 Å². The van der Waals surface area contributed by atoms with Gasteiger partial charge in [0.25, 0.3) is 0 Å². The fraction of sp³-hybridized carbons (Fsp3) is 0.412. The molecule has 1 aromatic heterocycles. The van der Waals surface area contributed by atoms with Crippen LogP contribution in [0.4, 0.5) is 0 Å². The van der Waals surface area contributed by atoms with Crippen molar-refractivity contribution in [3.8, 4) is 0 Å². The molecule has 110 valence electrons. The first kappa shape index (κ1) is 13.9. The maximum atomic E-state index is 12.3. The second-order valence-electron chi connectivity index (χ2n) is 5.79. The molecule has 0 spiro atoms. The highest BCUT2D eigenvalue weighted by Crippen LogP contribution is 2.25. The van der Waals surface area contributed by atoms with E-state index < -0.39 is 0 Å². The fourth-order valence-electron chi connectivity index (χ4n) is 2.90. The van der Waals surface area contributed by atoms with E-state index in [1.807, 2.05) is 23.2 Å². The first-order chi connectivity index (χ1) is 10.2. The number of aromatic nitrogens is 2. The molecule has 1 saturated heterocycles. The molecule has 0 unspecified atom stereocenters. The van der Waals surface area contributed by atoms with Crippen molar-refractivity contribution in [1.82, 2.24) is 14.9 Å². The summed E-state index contributed by atoms with van der Waals surface area (Å²) < 4.78 is 0. The quantitative estimate of drug-likeness (QED) is 0.941. The maximum absolute atomic E-state index is 12.3. The van der Waals surface area contributed by atoms with Crippen molar-refractivity contribution >= 4 is 5.91 Å². The third-order valence-electron chi connectivity index (χ3n) is 4.23. The molecule has 1 N–H and O–H groups in total. The zero-order chi connectivity index (χ0) is 14.7. The van der Waals surface area contributed by atoms with Gasteiger partial charge in [-0.2, -0.15) is 0 Å². The lowest BCUT2D eigenvalue weighted by molar-refractivity contribution is -0.131. The summed E-state index contributed by atoms with van der Waals surface area (Å²) in [7, 11) is 0. The number of nitrogens with zero attached hydrogens (tertiary/aromatic N) is 2. The lowest BCUT2D eigenvalue weighted by Gasteiger charge is -2.31. The first-order valence-electron chi connectivity index (χ1n) is 7.55. The number of carbonyl (C=O) groups is 1. The van der Waals surface area contributed by atoms with Gasteiger partial charge in [-0.3, -0.25) is 4.79 Å². The van der Waals surface area contributed by atoms with E-state index >= 15 is 0 Å². The molecule has 1 aliphatic heterocycles. The van der Waals surface area contributed by atoms with Gasteiger partial charge in [-0.1, -0.05) is 29.8 Å². The van der Waals surface area contributed by atoms with Crippen LogP contribution in [0, 0.1) is 6.92 Å². The number of aryl methyl sites for hydroxylation is 1. The Balaban J connectivity index is 1.54. The van der Waals surface area contributed by atoms with Crippen molar-refractivity contribution in [2.24, 2.45) is 0 Å². The Labute approximate surface area is 125 Å². The van der Waals surface area contributed by atoms with E-state index in [1.165, 1.54) is 5.56 Å². The predicted octanol–water partition coefficient (Wildman–Crippen LogP) is 2.67. The van der Waals surface area contributed by atoms with E-state index in [9.17, 15) is 4.79 Å². The Morgan fingerprint density at radius 1 is 1.29 bits per heavy atom. The molecule has 2 aromatic rings. The molecule has 0 aliphatic carbocycles. The van der Waals surface area contributed by atoms with Crippen molar-refractivity contribution in [2.75, 3.05) is 13.1 Å². The molecule has 0 saturated carbocycles. The molecule has 4 nitrogen and oxygen atoms in total. The summed E-state index contributed by atoms with van der Waals surface area (Å²) in [4.78, 5) is 21.8. The minimum atomic E-state index is 0.233. The number of benzene rings is 1. The van der Waals surface area contributed by atoms with Crippen LogP contribution in [0.25, 0.3) is 0 Å². The van der Waals surface area contributed by atoms with E-state index in [-0.39, 0.29) is 5.91 Å². The number of amides is 1. The second kappa shape index (κ2) is 6.12. The van der Waals surface area contributed by atoms with E-state index in [1.54, 1.807) is 6.20 Å². The van der Waals surface area contributed by atoms with Crippen molar-refractivity contribution in [1.29, 1.82) is 0 Å². The Hall–Kier alpha value is -2.10. The van der Waals surface area contributed by atoms with Crippen molar-refractivity contribution in [3.05, 3.63) is 53.6 Å². The minimum Gasteiger partial charge on any atom is -0.348 e. The monoisotopic (exact) mass is 283 g/mol. The number of carbonyl (C=O) groups excluding carboxylic acids is 1. The lowest BCUT2D eigenvalue weighted by Crippen LogP contribution is -2.38. The maximum Gasteiger partial charge on any atom is 0.226 e. The fourth-order valence-corrected chi connectivity index (χ4v) is 2.90. The number of nitrogens with one attached hydrogen (secondary N) is 1. The predicted molar refractivity (Wildman–Crippen MR) is 82.0 cm³/mol. The van der Waals surface area contributed by atoms with E-state index in [2.05, 4.69) is 29.0 Å². The third kappa shape index (κ3) is 3.32. The summed E-state index contributed by atoms with van der Waals surface area (Å²) in [5, 5.41) is 0. The van der Waals surface area contributed by atoms with Gasteiger partial charge in [0.15, 0.2) is 0 Å². The molecule has 1 amide bonds. The number of imidazole rings is 1. The Bertz CT molecular complexity index is 581. The van der Waals surface area contributed by atoms with Gasteiger partial charge < -0.3 is 9.88 Å². The van der Waals surface area contributed by atoms with Crippen LogP contribution in [0.3, 0.4) is 0 Å². The topological polar surface area (TPSA) is 49.0 Å². The van der Waals surface area contributed by atoms with Crippen LogP contribution < -0.4 is 0 Å². The Morgan fingerprint density at radius 3 is 2.62 bits per heavy atom. The molecule has 4 heteroatoms. The highest BCUT2D eigenvalue weighted by atomic mass is 16.2. The van der Waals surface area contributed by atoms with Gasteiger partial charge in [0.1, 0.15) is 5.82 Å². The van der Waals surface area contributed by atoms with Gasteiger partial charge in [0, 0.05) is 31.4 Å². The van der Waals surface area contributed by atoms with Crippen LogP contribution in [0.2, 0.25) is 0 Å². The molecule has 1 fully saturated rings. The minimum absolute atomic E-state index is 0.233. The summed E-state index contributed by atoms with van der Waals surface area (Å²) in [6.07, 6.45) is 6.15. The van der Waals surface area contributed by atoms with Gasteiger partial charge >= 0.3 is 0 Å². The largest absolute Gasteiger partial charge is 0.348 e. The molecular formula is C17H21N3O. The Morgan fingerprint density at radius 2 is 2.00 bits per heavy atom. The molecule has 3 rings (SSSR count). The van der Waals surface area contributed by atoms with Crippen molar-refractivity contribution in [2.45, 2.75) is 32.1 Å². The van der Waals surface area contributed by atoms with E-state index in [4.69, 9.17) is 0 Å². The smallest absolute Gasteiger partial charge is 0.226 e. The molecule has 0 radical (unpaired) electrons. The zero-order valence-electron chi connectivity index (χ0n) is 12.4.